The van der Waals surface area contributed by atoms with Crippen molar-refractivity contribution in [2.75, 3.05) is 6.61 Å². The van der Waals surface area contributed by atoms with Crippen LogP contribution in [0.1, 0.15) is 23.0 Å². The predicted molar refractivity (Wildman–Crippen MR) is 88.5 cm³/mol. The van der Waals surface area contributed by atoms with Crippen molar-refractivity contribution >= 4 is 16.9 Å². The molecular weight excluding hydrogens is 292 g/mol. The number of esters is 1. The minimum absolute atomic E-state index is 0.113. The van der Waals surface area contributed by atoms with Gasteiger partial charge in [0.05, 0.1) is 12.2 Å². The summed E-state index contributed by atoms with van der Waals surface area (Å²) >= 11 is 0. The maximum absolute atomic E-state index is 12.2. The molecule has 5 heteroatoms. The molecule has 1 N–H and O–H groups in total. The molecule has 2 aromatic heterocycles. The molecule has 5 nitrogen and oxygen atoms in total. The van der Waals surface area contributed by atoms with Gasteiger partial charge in [-0.05, 0) is 32.0 Å². The smallest absolute Gasteiger partial charge is 0.340 e. The van der Waals surface area contributed by atoms with E-state index in [0.717, 1.165) is 16.8 Å². The van der Waals surface area contributed by atoms with Crippen LogP contribution in [0.2, 0.25) is 0 Å². The van der Waals surface area contributed by atoms with Crippen LogP contribution < -0.4 is 0 Å². The molecule has 2 heterocycles. The van der Waals surface area contributed by atoms with Crippen LogP contribution in [0, 0.1) is 6.92 Å². The Hall–Kier alpha value is -2.82. The molecule has 0 amide bonds. The highest BCUT2D eigenvalue weighted by atomic mass is 16.5. The topological polar surface area (TPSA) is 64.4 Å². The van der Waals surface area contributed by atoms with E-state index in [1.54, 1.807) is 25.4 Å². The van der Waals surface area contributed by atoms with E-state index >= 15 is 0 Å². The van der Waals surface area contributed by atoms with E-state index in [9.17, 15) is 9.90 Å². The number of ether oxygens (including phenoxy) is 1. The van der Waals surface area contributed by atoms with E-state index in [1.165, 1.54) is 0 Å². The number of benzene rings is 1. The maximum Gasteiger partial charge on any atom is 0.340 e. The third-order valence-electron chi connectivity index (χ3n) is 4.06. The van der Waals surface area contributed by atoms with E-state index in [2.05, 4.69) is 4.98 Å². The lowest BCUT2D eigenvalue weighted by atomic mass is 10.0. The van der Waals surface area contributed by atoms with Crippen molar-refractivity contribution in [2.24, 2.45) is 7.05 Å². The molecule has 3 aromatic rings. The highest BCUT2D eigenvalue weighted by Gasteiger charge is 2.21. The lowest BCUT2D eigenvalue weighted by Crippen LogP contribution is -2.06. The molecule has 3 rings (SSSR count). The summed E-state index contributed by atoms with van der Waals surface area (Å²) in [4.78, 5) is 16.3. The molecule has 1 aromatic carbocycles. The standard InChI is InChI=1S/C18H18N2O3/c1-4-23-18(22)17-11(2)20(3)15-8-13(16(21)9-14(15)17)12-6-5-7-19-10-12/h5-10,21H,4H2,1-3H3. The van der Waals surface area contributed by atoms with Gasteiger partial charge in [0.15, 0.2) is 0 Å². The number of phenols is 1. The third kappa shape index (κ3) is 2.44. The van der Waals surface area contributed by atoms with E-state index in [4.69, 9.17) is 4.74 Å². The van der Waals surface area contributed by atoms with Crippen LogP contribution in [0.4, 0.5) is 0 Å². The second kappa shape index (κ2) is 5.76. The van der Waals surface area contributed by atoms with Crippen LogP contribution in [-0.4, -0.2) is 27.2 Å². The molecule has 0 atom stereocenters. The summed E-state index contributed by atoms with van der Waals surface area (Å²) in [7, 11) is 1.89. The van der Waals surface area contributed by atoms with Crippen molar-refractivity contribution in [3.8, 4) is 16.9 Å². The molecule has 0 spiro atoms. The largest absolute Gasteiger partial charge is 0.507 e. The van der Waals surface area contributed by atoms with Gasteiger partial charge in [0.2, 0.25) is 0 Å². The number of carbonyl (C=O) groups is 1. The molecule has 0 saturated heterocycles. The molecule has 23 heavy (non-hydrogen) atoms. The molecule has 0 unspecified atom stereocenters. The lowest BCUT2D eigenvalue weighted by molar-refractivity contribution is 0.0527. The Kier molecular flexibility index (Phi) is 3.78. The highest BCUT2D eigenvalue weighted by molar-refractivity contribution is 6.07. The van der Waals surface area contributed by atoms with Gasteiger partial charge in [-0.3, -0.25) is 4.98 Å². The van der Waals surface area contributed by atoms with Gasteiger partial charge in [-0.1, -0.05) is 6.07 Å². The second-order valence-electron chi connectivity index (χ2n) is 5.37. The molecule has 0 radical (unpaired) electrons. The van der Waals surface area contributed by atoms with Gasteiger partial charge in [0.25, 0.3) is 0 Å². The molecule has 0 fully saturated rings. The number of rotatable bonds is 3. The summed E-state index contributed by atoms with van der Waals surface area (Å²) in [6.45, 7) is 3.96. The molecule has 0 bridgehead atoms. The first-order chi connectivity index (χ1) is 11.0. The van der Waals surface area contributed by atoms with Crippen LogP contribution in [0.15, 0.2) is 36.7 Å². The first-order valence-corrected chi connectivity index (χ1v) is 7.44. The van der Waals surface area contributed by atoms with Gasteiger partial charge in [-0.15, -0.1) is 0 Å². The minimum Gasteiger partial charge on any atom is -0.507 e. The number of aromatic hydroxyl groups is 1. The molecule has 0 aliphatic heterocycles. The average molecular weight is 310 g/mol. The molecule has 0 aliphatic carbocycles. The molecule has 118 valence electrons. The Morgan fingerprint density at radius 1 is 1.39 bits per heavy atom. The van der Waals surface area contributed by atoms with Crippen LogP contribution in [-0.2, 0) is 11.8 Å². The lowest BCUT2D eigenvalue weighted by Gasteiger charge is -2.06. The minimum atomic E-state index is -0.371. The van der Waals surface area contributed by atoms with E-state index in [1.807, 2.05) is 36.7 Å². The zero-order valence-corrected chi connectivity index (χ0v) is 13.3. The Morgan fingerprint density at radius 3 is 2.83 bits per heavy atom. The SMILES string of the molecule is CCOC(=O)c1c(C)n(C)c2cc(-c3cccnc3)c(O)cc12. The normalized spacial score (nSPS) is 10.9. The summed E-state index contributed by atoms with van der Waals surface area (Å²) in [6, 6.07) is 7.20. The fourth-order valence-electron chi connectivity index (χ4n) is 2.81. The number of aryl methyl sites for hydroxylation is 1. The van der Waals surface area contributed by atoms with Gasteiger partial charge in [0.1, 0.15) is 5.75 Å². The third-order valence-corrected chi connectivity index (χ3v) is 4.06. The van der Waals surface area contributed by atoms with Gasteiger partial charge < -0.3 is 14.4 Å². The number of hydrogen-bond donors (Lipinski definition) is 1. The van der Waals surface area contributed by atoms with Crippen molar-refractivity contribution in [2.45, 2.75) is 13.8 Å². The molecule has 0 aliphatic rings. The fraction of sp³-hybridized carbons (Fsp3) is 0.222. The van der Waals surface area contributed by atoms with Crippen molar-refractivity contribution < 1.29 is 14.6 Å². The Balaban J connectivity index is 2.26. The maximum atomic E-state index is 12.2. The number of phenolic OH excluding ortho intramolecular Hbond substituents is 1. The number of hydrogen-bond acceptors (Lipinski definition) is 4. The predicted octanol–water partition coefficient (Wildman–Crippen LogP) is 3.43. The van der Waals surface area contributed by atoms with Crippen LogP contribution in [0.25, 0.3) is 22.0 Å². The number of aromatic nitrogens is 2. The fourth-order valence-corrected chi connectivity index (χ4v) is 2.81. The number of nitrogens with zero attached hydrogens (tertiary/aromatic N) is 2. The zero-order chi connectivity index (χ0) is 16.6. The van der Waals surface area contributed by atoms with E-state index in [0.29, 0.717) is 23.1 Å². The van der Waals surface area contributed by atoms with Crippen molar-refractivity contribution in [1.29, 1.82) is 0 Å². The van der Waals surface area contributed by atoms with Crippen molar-refractivity contribution in [1.82, 2.24) is 9.55 Å². The van der Waals surface area contributed by atoms with Gasteiger partial charge in [-0.25, -0.2) is 4.79 Å². The van der Waals surface area contributed by atoms with Gasteiger partial charge in [-0.2, -0.15) is 0 Å². The summed E-state index contributed by atoms with van der Waals surface area (Å²) < 4.78 is 7.07. The average Bonchev–Trinajstić information content (AvgIpc) is 2.78. The van der Waals surface area contributed by atoms with Gasteiger partial charge >= 0.3 is 5.97 Å². The quantitative estimate of drug-likeness (QED) is 0.753. The Morgan fingerprint density at radius 2 is 2.17 bits per heavy atom. The summed E-state index contributed by atoms with van der Waals surface area (Å²) in [6.07, 6.45) is 3.38. The van der Waals surface area contributed by atoms with E-state index in [-0.39, 0.29) is 11.7 Å². The number of carbonyl (C=O) groups excluding carboxylic acids is 1. The van der Waals surface area contributed by atoms with Crippen molar-refractivity contribution in [3.05, 3.63) is 47.9 Å². The van der Waals surface area contributed by atoms with Crippen LogP contribution in [0.3, 0.4) is 0 Å². The molecular formula is C18H18N2O3. The second-order valence-corrected chi connectivity index (χ2v) is 5.37. The zero-order valence-electron chi connectivity index (χ0n) is 13.3. The monoisotopic (exact) mass is 310 g/mol. The summed E-state index contributed by atoms with van der Waals surface area (Å²) in [5.41, 5.74) is 3.67. The van der Waals surface area contributed by atoms with Crippen LogP contribution in [0.5, 0.6) is 5.75 Å². The first-order valence-electron chi connectivity index (χ1n) is 7.44. The number of pyridine rings is 1. The summed E-state index contributed by atoms with van der Waals surface area (Å²) in [5, 5.41) is 11.1. The van der Waals surface area contributed by atoms with Crippen molar-refractivity contribution in [3.63, 3.8) is 0 Å². The summed E-state index contributed by atoms with van der Waals surface area (Å²) in [5.74, 6) is -0.259. The van der Waals surface area contributed by atoms with Crippen LogP contribution >= 0.6 is 0 Å². The highest BCUT2D eigenvalue weighted by Crippen LogP contribution is 2.36. The Labute approximate surface area is 134 Å². The Bertz CT molecular complexity index is 882. The first kappa shape index (κ1) is 15.1. The molecule has 0 saturated carbocycles. The number of fused-ring (bicyclic) bond motifs is 1. The van der Waals surface area contributed by atoms with Gasteiger partial charge in [0, 0.05) is 47.2 Å². The van der Waals surface area contributed by atoms with E-state index < -0.39 is 0 Å².